The predicted molar refractivity (Wildman–Crippen MR) is 60.6 cm³/mol. The van der Waals surface area contributed by atoms with E-state index >= 15 is 0 Å². The van der Waals surface area contributed by atoms with Gasteiger partial charge in [0, 0.05) is 30.5 Å². The zero-order chi connectivity index (χ0) is 10.8. The van der Waals surface area contributed by atoms with Crippen molar-refractivity contribution in [1.29, 1.82) is 0 Å². The molecule has 0 aliphatic heterocycles. The van der Waals surface area contributed by atoms with Gasteiger partial charge in [-0.25, -0.2) is 0 Å². The Morgan fingerprint density at radius 3 is 2.93 bits per heavy atom. The Kier molecular flexibility index (Phi) is 2.54. The van der Waals surface area contributed by atoms with Crippen LogP contribution in [-0.4, -0.2) is 9.55 Å². The standard InChI is InChI=1S/C12H13N2O/c1-9(2)8-14-6-4-10-7-13-5-3-11(10)12(14)15/h3-7H,8H2,1-2H3. The summed E-state index contributed by atoms with van der Waals surface area (Å²) >= 11 is 0. The lowest BCUT2D eigenvalue weighted by atomic mass is 10.2. The van der Waals surface area contributed by atoms with Gasteiger partial charge in [0.05, 0.1) is 5.39 Å². The van der Waals surface area contributed by atoms with E-state index in [0.29, 0.717) is 6.54 Å². The highest BCUT2D eigenvalue weighted by Gasteiger charge is 2.03. The van der Waals surface area contributed by atoms with Crippen LogP contribution in [0.15, 0.2) is 35.5 Å². The number of aromatic nitrogens is 2. The fourth-order valence-electron chi connectivity index (χ4n) is 1.59. The summed E-state index contributed by atoms with van der Waals surface area (Å²) in [5.74, 6) is 1.21. The maximum absolute atomic E-state index is 12.0. The molecule has 2 aromatic rings. The van der Waals surface area contributed by atoms with Gasteiger partial charge in [-0.2, -0.15) is 0 Å². The lowest BCUT2D eigenvalue weighted by Crippen LogP contribution is -2.21. The monoisotopic (exact) mass is 201 g/mol. The zero-order valence-electron chi connectivity index (χ0n) is 8.90. The molecule has 2 heterocycles. The summed E-state index contributed by atoms with van der Waals surface area (Å²) in [6.45, 7) is 4.71. The highest BCUT2D eigenvalue weighted by molar-refractivity contribution is 5.80. The second-order valence-electron chi connectivity index (χ2n) is 3.92. The minimum atomic E-state index is 0.0519. The Hall–Kier alpha value is -1.64. The molecule has 0 saturated carbocycles. The fraction of sp³-hybridized carbons (Fsp3) is 0.250. The quantitative estimate of drug-likeness (QED) is 0.745. The molecule has 0 aliphatic rings. The first-order valence-corrected chi connectivity index (χ1v) is 4.90. The van der Waals surface area contributed by atoms with E-state index in [1.54, 1.807) is 23.0 Å². The largest absolute Gasteiger partial charge is 0.314 e. The van der Waals surface area contributed by atoms with Crippen molar-refractivity contribution in [1.82, 2.24) is 9.55 Å². The summed E-state index contributed by atoms with van der Waals surface area (Å²) in [6, 6.07) is 3.69. The third-order valence-corrected chi connectivity index (χ3v) is 2.26. The van der Waals surface area contributed by atoms with Crippen LogP contribution >= 0.6 is 0 Å². The molecule has 3 nitrogen and oxygen atoms in total. The summed E-state index contributed by atoms with van der Waals surface area (Å²) in [4.78, 5) is 16.0. The van der Waals surface area contributed by atoms with Crippen molar-refractivity contribution in [3.05, 3.63) is 47.0 Å². The maximum atomic E-state index is 12.0. The minimum absolute atomic E-state index is 0.0519. The van der Waals surface area contributed by atoms with Crippen LogP contribution in [0.25, 0.3) is 10.8 Å². The molecule has 2 rings (SSSR count). The molecule has 0 N–H and O–H groups in total. The number of fused-ring (bicyclic) bond motifs is 1. The van der Waals surface area contributed by atoms with Crippen LogP contribution in [0.1, 0.15) is 13.8 Å². The molecule has 0 unspecified atom stereocenters. The first-order valence-electron chi connectivity index (χ1n) is 4.90. The van der Waals surface area contributed by atoms with Crippen LogP contribution in [0.4, 0.5) is 0 Å². The third kappa shape index (κ3) is 1.91. The van der Waals surface area contributed by atoms with E-state index < -0.39 is 0 Å². The number of rotatable bonds is 2. The van der Waals surface area contributed by atoms with Gasteiger partial charge in [-0.1, -0.05) is 13.8 Å². The van der Waals surface area contributed by atoms with Crippen LogP contribution in [0.2, 0.25) is 0 Å². The van der Waals surface area contributed by atoms with Crippen LogP contribution in [0.3, 0.4) is 0 Å². The van der Waals surface area contributed by atoms with Crippen LogP contribution in [-0.2, 0) is 6.54 Å². The minimum Gasteiger partial charge on any atom is -0.314 e. The van der Waals surface area contributed by atoms with Crippen molar-refractivity contribution in [3.63, 3.8) is 0 Å². The SMILES string of the molecule is C[C](C)Cn1ccc2cnccc2c1=O. The molecule has 77 valence electrons. The highest BCUT2D eigenvalue weighted by Crippen LogP contribution is 2.07. The van der Waals surface area contributed by atoms with E-state index in [9.17, 15) is 4.79 Å². The van der Waals surface area contributed by atoms with Crippen molar-refractivity contribution in [2.24, 2.45) is 0 Å². The number of pyridine rings is 2. The lowest BCUT2D eigenvalue weighted by molar-refractivity contribution is 0.690. The third-order valence-electron chi connectivity index (χ3n) is 2.26. The number of nitrogens with zero attached hydrogens (tertiary/aromatic N) is 2. The summed E-state index contributed by atoms with van der Waals surface area (Å²) in [7, 11) is 0. The van der Waals surface area contributed by atoms with Crippen molar-refractivity contribution in [3.8, 4) is 0 Å². The second kappa shape index (κ2) is 3.85. The molecule has 0 amide bonds. The Morgan fingerprint density at radius 2 is 2.20 bits per heavy atom. The van der Waals surface area contributed by atoms with Gasteiger partial charge >= 0.3 is 0 Å². The summed E-state index contributed by atoms with van der Waals surface area (Å²) in [5, 5.41) is 1.63. The van der Waals surface area contributed by atoms with Crippen molar-refractivity contribution in [2.75, 3.05) is 0 Å². The topological polar surface area (TPSA) is 34.9 Å². The average molecular weight is 201 g/mol. The van der Waals surface area contributed by atoms with Crippen LogP contribution in [0, 0.1) is 5.92 Å². The number of hydrogen-bond donors (Lipinski definition) is 0. The van der Waals surface area contributed by atoms with E-state index in [4.69, 9.17) is 0 Å². The molecule has 3 heteroatoms. The van der Waals surface area contributed by atoms with E-state index in [-0.39, 0.29) is 5.56 Å². The Morgan fingerprint density at radius 1 is 1.40 bits per heavy atom. The number of hydrogen-bond acceptors (Lipinski definition) is 2. The van der Waals surface area contributed by atoms with Crippen molar-refractivity contribution < 1.29 is 0 Å². The Balaban J connectivity index is 2.60. The van der Waals surface area contributed by atoms with Gasteiger partial charge in [0.2, 0.25) is 0 Å². The van der Waals surface area contributed by atoms with Crippen molar-refractivity contribution >= 4 is 10.8 Å². The molecule has 0 saturated heterocycles. The Labute approximate surface area is 88.4 Å². The average Bonchev–Trinajstić information content (AvgIpc) is 2.22. The smallest absolute Gasteiger partial charge is 0.258 e. The lowest BCUT2D eigenvalue weighted by Gasteiger charge is -2.08. The molecule has 0 fully saturated rings. The molecule has 0 spiro atoms. The van der Waals surface area contributed by atoms with E-state index in [0.717, 1.165) is 10.8 Å². The molecule has 0 atom stereocenters. The molecular formula is C12H13N2O. The van der Waals surface area contributed by atoms with Crippen LogP contribution in [0.5, 0.6) is 0 Å². The first-order chi connectivity index (χ1) is 7.18. The van der Waals surface area contributed by atoms with Gasteiger partial charge in [0.25, 0.3) is 5.56 Å². The molecular weight excluding hydrogens is 188 g/mol. The normalized spacial score (nSPS) is 11.1. The van der Waals surface area contributed by atoms with E-state index in [1.807, 2.05) is 26.1 Å². The molecule has 15 heavy (non-hydrogen) atoms. The van der Waals surface area contributed by atoms with Gasteiger partial charge in [-0.15, -0.1) is 0 Å². The molecule has 0 aliphatic carbocycles. The summed E-state index contributed by atoms with van der Waals surface area (Å²) in [6.07, 6.45) is 5.18. The summed E-state index contributed by atoms with van der Waals surface area (Å²) in [5.41, 5.74) is 0.0519. The molecule has 0 bridgehead atoms. The van der Waals surface area contributed by atoms with Gasteiger partial charge in [-0.05, 0) is 18.1 Å². The van der Waals surface area contributed by atoms with Gasteiger partial charge < -0.3 is 4.57 Å². The van der Waals surface area contributed by atoms with Gasteiger partial charge in [0.1, 0.15) is 0 Å². The van der Waals surface area contributed by atoms with E-state index in [1.165, 1.54) is 5.92 Å². The predicted octanol–water partition coefficient (Wildman–Crippen LogP) is 2.01. The second-order valence-corrected chi connectivity index (χ2v) is 3.92. The molecule has 2 aromatic heterocycles. The van der Waals surface area contributed by atoms with Gasteiger partial charge in [-0.3, -0.25) is 9.78 Å². The molecule has 1 radical (unpaired) electrons. The summed E-state index contributed by atoms with van der Waals surface area (Å²) < 4.78 is 1.72. The fourth-order valence-corrected chi connectivity index (χ4v) is 1.59. The Bertz CT molecular complexity index is 528. The highest BCUT2D eigenvalue weighted by atomic mass is 16.1. The van der Waals surface area contributed by atoms with E-state index in [2.05, 4.69) is 4.98 Å². The van der Waals surface area contributed by atoms with Crippen LogP contribution < -0.4 is 5.56 Å². The van der Waals surface area contributed by atoms with Crippen molar-refractivity contribution in [2.45, 2.75) is 20.4 Å². The first kappa shape index (κ1) is 9.90. The maximum Gasteiger partial charge on any atom is 0.258 e. The molecule has 0 aromatic carbocycles. The van der Waals surface area contributed by atoms with Gasteiger partial charge in [0.15, 0.2) is 0 Å². The zero-order valence-corrected chi connectivity index (χ0v) is 8.90.